The molecule has 88 valence electrons. The lowest BCUT2D eigenvalue weighted by Gasteiger charge is -2.07. The van der Waals surface area contributed by atoms with Crippen LogP contribution in [-0.4, -0.2) is 19.1 Å². The lowest BCUT2D eigenvalue weighted by molar-refractivity contribution is -0.116. The lowest BCUT2D eigenvalue weighted by atomic mass is 10.2. The summed E-state index contributed by atoms with van der Waals surface area (Å²) in [5.41, 5.74) is 6.11. The van der Waals surface area contributed by atoms with Crippen LogP contribution in [0.25, 0.3) is 0 Å². The predicted molar refractivity (Wildman–Crippen MR) is 64.5 cm³/mol. The van der Waals surface area contributed by atoms with E-state index in [1.54, 1.807) is 0 Å². The standard InChI is InChI=1S/C12H18N2O2/c1-2-3-12(15)14-10-4-6-11(7-5-10)16-9-8-13/h4-7H,2-3,8-9,13H2,1H3,(H,14,15). The molecular formula is C12H18N2O2. The second kappa shape index (κ2) is 6.85. The number of hydrogen-bond acceptors (Lipinski definition) is 3. The second-order valence-electron chi connectivity index (χ2n) is 3.46. The van der Waals surface area contributed by atoms with Crippen LogP contribution in [-0.2, 0) is 4.79 Å². The maximum atomic E-state index is 11.3. The average molecular weight is 222 g/mol. The monoisotopic (exact) mass is 222 g/mol. The quantitative estimate of drug-likeness (QED) is 0.771. The Morgan fingerprint density at radius 1 is 1.38 bits per heavy atom. The van der Waals surface area contributed by atoms with Crippen LogP contribution in [0.15, 0.2) is 24.3 Å². The van der Waals surface area contributed by atoms with Gasteiger partial charge in [-0.3, -0.25) is 4.79 Å². The van der Waals surface area contributed by atoms with Gasteiger partial charge in [0, 0.05) is 18.7 Å². The van der Waals surface area contributed by atoms with E-state index in [0.717, 1.165) is 17.9 Å². The normalized spacial score (nSPS) is 9.88. The molecule has 3 N–H and O–H groups in total. The van der Waals surface area contributed by atoms with Gasteiger partial charge in [0.15, 0.2) is 0 Å². The van der Waals surface area contributed by atoms with Crippen LogP contribution in [0.3, 0.4) is 0 Å². The molecule has 0 aliphatic carbocycles. The number of amides is 1. The van der Waals surface area contributed by atoms with Gasteiger partial charge in [0.1, 0.15) is 12.4 Å². The zero-order valence-corrected chi connectivity index (χ0v) is 9.53. The fourth-order valence-electron chi connectivity index (χ4n) is 1.26. The van der Waals surface area contributed by atoms with Gasteiger partial charge in [-0.1, -0.05) is 6.92 Å². The highest BCUT2D eigenvalue weighted by molar-refractivity contribution is 5.90. The van der Waals surface area contributed by atoms with Crippen LogP contribution in [0, 0.1) is 0 Å². The minimum absolute atomic E-state index is 0.0399. The summed E-state index contributed by atoms with van der Waals surface area (Å²) in [5.74, 6) is 0.803. The van der Waals surface area contributed by atoms with E-state index in [2.05, 4.69) is 5.32 Å². The molecule has 0 heterocycles. The maximum Gasteiger partial charge on any atom is 0.224 e. The number of anilines is 1. The first-order valence-corrected chi connectivity index (χ1v) is 5.49. The highest BCUT2D eigenvalue weighted by Gasteiger charge is 2.00. The van der Waals surface area contributed by atoms with Crippen molar-refractivity contribution in [3.05, 3.63) is 24.3 Å². The molecule has 0 aliphatic rings. The molecule has 16 heavy (non-hydrogen) atoms. The molecule has 0 bridgehead atoms. The van der Waals surface area contributed by atoms with Gasteiger partial charge in [0.25, 0.3) is 0 Å². The SMILES string of the molecule is CCCC(=O)Nc1ccc(OCCN)cc1. The fraction of sp³-hybridized carbons (Fsp3) is 0.417. The van der Waals surface area contributed by atoms with Crippen LogP contribution < -0.4 is 15.8 Å². The van der Waals surface area contributed by atoms with Gasteiger partial charge >= 0.3 is 0 Å². The molecule has 0 radical (unpaired) electrons. The fourth-order valence-corrected chi connectivity index (χ4v) is 1.26. The molecule has 0 fully saturated rings. The third-order valence-electron chi connectivity index (χ3n) is 2.00. The van der Waals surface area contributed by atoms with Crippen molar-refractivity contribution in [3.63, 3.8) is 0 Å². The zero-order chi connectivity index (χ0) is 11.8. The number of rotatable bonds is 6. The number of nitrogens with one attached hydrogen (secondary N) is 1. The van der Waals surface area contributed by atoms with Crippen LogP contribution in [0.5, 0.6) is 5.75 Å². The zero-order valence-electron chi connectivity index (χ0n) is 9.53. The first kappa shape index (κ1) is 12.5. The molecule has 1 rings (SSSR count). The number of carbonyl (C=O) groups excluding carboxylic acids is 1. The summed E-state index contributed by atoms with van der Waals surface area (Å²) in [5, 5.41) is 2.81. The summed E-state index contributed by atoms with van der Waals surface area (Å²) in [4.78, 5) is 11.3. The molecule has 0 aromatic heterocycles. The maximum absolute atomic E-state index is 11.3. The van der Waals surface area contributed by atoms with E-state index in [1.165, 1.54) is 0 Å². The van der Waals surface area contributed by atoms with E-state index in [9.17, 15) is 4.79 Å². The third kappa shape index (κ3) is 4.31. The number of carbonyl (C=O) groups is 1. The van der Waals surface area contributed by atoms with E-state index >= 15 is 0 Å². The smallest absolute Gasteiger partial charge is 0.224 e. The number of ether oxygens (including phenoxy) is 1. The third-order valence-corrected chi connectivity index (χ3v) is 2.00. The second-order valence-corrected chi connectivity index (χ2v) is 3.46. The van der Waals surface area contributed by atoms with Crippen LogP contribution in [0.4, 0.5) is 5.69 Å². The first-order valence-electron chi connectivity index (χ1n) is 5.49. The van der Waals surface area contributed by atoms with E-state index in [0.29, 0.717) is 19.6 Å². The molecule has 1 aromatic rings. The summed E-state index contributed by atoms with van der Waals surface area (Å²) >= 11 is 0. The molecule has 0 spiro atoms. The Kier molecular flexibility index (Phi) is 5.36. The Labute approximate surface area is 95.8 Å². The van der Waals surface area contributed by atoms with Crippen LogP contribution >= 0.6 is 0 Å². The Morgan fingerprint density at radius 3 is 2.62 bits per heavy atom. The minimum Gasteiger partial charge on any atom is -0.492 e. The highest BCUT2D eigenvalue weighted by Crippen LogP contribution is 2.15. The minimum atomic E-state index is 0.0399. The van der Waals surface area contributed by atoms with Crippen LogP contribution in [0.1, 0.15) is 19.8 Å². The van der Waals surface area contributed by atoms with Gasteiger partial charge in [-0.2, -0.15) is 0 Å². The summed E-state index contributed by atoms with van der Waals surface area (Å²) in [6.07, 6.45) is 1.40. The van der Waals surface area contributed by atoms with Gasteiger partial charge in [0.2, 0.25) is 5.91 Å². The van der Waals surface area contributed by atoms with Crippen molar-refractivity contribution in [1.82, 2.24) is 0 Å². The van der Waals surface area contributed by atoms with Crippen molar-refractivity contribution in [2.24, 2.45) is 5.73 Å². The highest BCUT2D eigenvalue weighted by atomic mass is 16.5. The van der Waals surface area contributed by atoms with Crippen molar-refractivity contribution in [1.29, 1.82) is 0 Å². The average Bonchev–Trinajstić information content (AvgIpc) is 2.28. The van der Waals surface area contributed by atoms with Gasteiger partial charge in [-0.25, -0.2) is 0 Å². The molecule has 0 saturated carbocycles. The molecule has 0 saturated heterocycles. The lowest BCUT2D eigenvalue weighted by Crippen LogP contribution is -2.11. The van der Waals surface area contributed by atoms with E-state index in [-0.39, 0.29) is 5.91 Å². The summed E-state index contributed by atoms with van der Waals surface area (Å²) < 4.78 is 5.32. The number of benzene rings is 1. The number of nitrogens with two attached hydrogens (primary N) is 1. The van der Waals surface area contributed by atoms with E-state index in [4.69, 9.17) is 10.5 Å². The largest absolute Gasteiger partial charge is 0.492 e. The topological polar surface area (TPSA) is 64.3 Å². The summed E-state index contributed by atoms with van der Waals surface area (Å²) in [6, 6.07) is 7.27. The van der Waals surface area contributed by atoms with Gasteiger partial charge in [0.05, 0.1) is 0 Å². The molecular weight excluding hydrogens is 204 g/mol. The summed E-state index contributed by atoms with van der Waals surface area (Å²) in [7, 11) is 0. The molecule has 0 unspecified atom stereocenters. The van der Waals surface area contributed by atoms with Crippen molar-refractivity contribution in [3.8, 4) is 5.75 Å². The first-order chi connectivity index (χ1) is 7.76. The Morgan fingerprint density at radius 2 is 2.06 bits per heavy atom. The Hall–Kier alpha value is -1.55. The van der Waals surface area contributed by atoms with Crippen LogP contribution in [0.2, 0.25) is 0 Å². The van der Waals surface area contributed by atoms with Crippen molar-refractivity contribution in [2.45, 2.75) is 19.8 Å². The van der Waals surface area contributed by atoms with Crippen molar-refractivity contribution < 1.29 is 9.53 Å². The Bertz CT molecular complexity index is 322. The number of hydrogen-bond donors (Lipinski definition) is 2. The van der Waals surface area contributed by atoms with Gasteiger partial charge in [-0.15, -0.1) is 0 Å². The Balaban J connectivity index is 2.47. The molecule has 1 amide bonds. The molecule has 1 aromatic carbocycles. The van der Waals surface area contributed by atoms with Gasteiger partial charge in [-0.05, 0) is 30.7 Å². The summed E-state index contributed by atoms with van der Waals surface area (Å²) in [6.45, 7) is 2.97. The van der Waals surface area contributed by atoms with Crippen molar-refractivity contribution >= 4 is 11.6 Å². The van der Waals surface area contributed by atoms with E-state index < -0.39 is 0 Å². The predicted octanol–water partition coefficient (Wildman–Crippen LogP) is 1.76. The molecule has 4 heteroatoms. The molecule has 4 nitrogen and oxygen atoms in total. The van der Waals surface area contributed by atoms with Gasteiger partial charge < -0.3 is 15.8 Å². The van der Waals surface area contributed by atoms with E-state index in [1.807, 2.05) is 31.2 Å². The van der Waals surface area contributed by atoms with Crippen molar-refractivity contribution in [2.75, 3.05) is 18.5 Å². The molecule has 0 aliphatic heterocycles. The molecule has 0 atom stereocenters.